The lowest BCUT2D eigenvalue weighted by molar-refractivity contribution is -0.145. The molecule has 388 valence electrons. The molecule has 1 aliphatic rings. The molecule has 3 unspecified atom stereocenters. The number of carboxylic acids is 1. The first-order valence-corrected chi connectivity index (χ1v) is 26.0. The predicted molar refractivity (Wildman–Crippen MR) is 273 cm³/mol. The maximum absolute atomic E-state index is 14.7. The molecule has 0 bridgehead atoms. The van der Waals surface area contributed by atoms with E-state index in [0.717, 1.165) is 45.0 Å². The van der Waals surface area contributed by atoms with Crippen LogP contribution in [0.25, 0.3) is 10.9 Å². The number of carbonyl (C=O) groups is 8. The van der Waals surface area contributed by atoms with Crippen LogP contribution in [0.15, 0.2) is 91.1 Å². The number of aliphatic hydroxyl groups excluding tert-OH is 2. The largest absolute Gasteiger partial charge is 0.480 e. The fourth-order valence-corrected chi connectivity index (χ4v) is 10.1. The second-order valence-electron chi connectivity index (χ2n) is 17.5. The van der Waals surface area contributed by atoms with Gasteiger partial charge in [-0.25, -0.2) is 4.79 Å². The van der Waals surface area contributed by atoms with Gasteiger partial charge in [-0.1, -0.05) is 100 Å². The number of nitrogens with two attached hydrogens (primary N) is 2. The van der Waals surface area contributed by atoms with Crippen LogP contribution in [-0.2, 0) is 57.6 Å². The SMILES string of the molecule is C[C@@H](O)C1NC(=O)[C@H](CCCCN)NC(=O)[C@H](Cc2c[nH]c3ccccc23)NC(=O)C(Cc2ccccc2)NC(=O)[C@@H](NC(=O)[C@H](N)Cc2ccccc2)CSSCC(C(=O)N[C@H](C(=O)O)[C@@H](C)O)NC1=O. The number of unbranched alkanes of at least 4 members (excludes halogenated alkanes) is 1. The Bertz CT molecular complexity index is 2480. The van der Waals surface area contributed by atoms with Crippen molar-refractivity contribution in [1.29, 1.82) is 0 Å². The second kappa shape index (κ2) is 27.9. The molecule has 4 aromatic rings. The van der Waals surface area contributed by atoms with Crippen molar-refractivity contribution in [1.82, 2.24) is 42.2 Å². The summed E-state index contributed by atoms with van der Waals surface area (Å²) >= 11 is 0. The van der Waals surface area contributed by atoms with Crippen molar-refractivity contribution in [2.75, 3.05) is 18.1 Å². The van der Waals surface area contributed by atoms with Gasteiger partial charge in [0.05, 0.1) is 18.2 Å². The molecular formula is C49H64N10O11S2. The number of hydrogen-bond donors (Lipinski definition) is 13. The summed E-state index contributed by atoms with van der Waals surface area (Å²) in [7, 11) is 1.91. The molecule has 1 fully saturated rings. The van der Waals surface area contributed by atoms with E-state index in [9.17, 15) is 53.7 Å². The molecule has 23 heteroatoms. The van der Waals surface area contributed by atoms with Crippen molar-refractivity contribution in [2.45, 2.75) is 113 Å². The van der Waals surface area contributed by atoms with Gasteiger partial charge >= 0.3 is 5.97 Å². The van der Waals surface area contributed by atoms with Gasteiger partial charge in [-0.2, -0.15) is 0 Å². The van der Waals surface area contributed by atoms with Gasteiger partial charge in [-0.15, -0.1) is 0 Å². The van der Waals surface area contributed by atoms with E-state index >= 15 is 0 Å². The molecule has 10 atom stereocenters. The van der Waals surface area contributed by atoms with Crippen molar-refractivity contribution >= 4 is 79.8 Å². The second-order valence-corrected chi connectivity index (χ2v) is 20.1. The Balaban J connectivity index is 1.57. The summed E-state index contributed by atoms with van der Waals surface area (Å²) in [6.07, 6.45) is -0.764. The third kappa shape index (κ3) is 16.8. The molecule has 5 rings (SSSR count). The number of para-hydroxylation sites is 1. The number of hydrogen-bond acceptors (Lipinski definition) is 14. The first kappa shape index (κ1) is 56.4. The standard InChI is InChI=1S/C49H64N10O11S2/c1-27(60)40-48(68)57-39(47(67)59-41(28(2)61)49(69)70)26-72-71-25-38(56-42(62)33(51)21-29-13-5-3-6-14-29)46(66)54-36(22-30-15-7-4-8-16-30)44(64)55-37(23-31-24-52-34-18-10-9-17-32(31)34)45(65)53-35(43(63)58-40)19-11-12-20-50/h3-10,13-18,24,27-28,33,35-41,52,60-61H,11-12,19-23,25-26,50-51H2,1-2H3,(H,53,65)(H,54,66)(H,55,64)(H,56,62)(H,57,68)(H,58,63)(H,59,67)(H,69,70)/t27-,28-,33-,35+,36?,37+,38+,39?,40?,41+/m1/s1. The zero-order valence-corrected chi connectivity index (χ0v) is 41.5. The van der Waals surface area contributed by atoms with Crippen LogP contribution < -0.4 is 48.7 Å². The zero-order valence-electron chi connectivity index (χ0n) is 39.9. The van der Waals surface area contributed by atoms with Crippen LogP contribution in [0, 0.1) is 0 Å². The van der Waals surface area contributed by atoms with Crippen molar-refractivity contribution in [3.05, 3.63) is 108 Å². The number of aromatic nitrogens is 1. The van der Waals surface area contributed by atoms with Crippen molar-refractivity contribution < 1.29 is 53.7 Å². The highest BCUT2D eigenvalue weighted by molar-refractivity contribution is 8.76. The third-order valence-corrected chi connectivity index (χ3v) is 14.2. The van der Waals surface area contributed by atoms with E-state index in [2.05, 4.69) is 42.2 Å². The van der Waals surface area contributed by atoms with Gasteiger partial charge in [0.2, 0.25) is 41.4 Å². The molecule has 1 aromatic heterocycles. The Morgan fingerprint density at radius 1 is 0.708 bits per heavy atom. The van der Waals surface area contributed by atoms with Crippen LogP contribution >= 0.6 is 21.6 Å². The molecule has 15 N–H and O–H groups in total. The average molecular weight is 1030 g/mol. The lowest BCUT2D eigenvalue weighted by Gasteiger charge is -2.29. The summed E-state index contributed by atoms with van der Waals surface area (Å²) in [6, 6.07) is 13.3. The highest BCUT2D eigenvalue weighted by atomic mass is 33.1. The van der Waals surface area contributed by atoms with Crippen LogP contribution in [0.3, 0.4) is 0 Å². The summed E-state index contributed by atoms with van der Waals surface area (Å²) in [6.45, 7) is 2.60. The van der Waals surface area contributed by atoms with E-state index in [0.29, 0.717) is 24.0 Å². The first-order valence-electron chi connectivity index (χ1n) is 23.5. The minimum absolute atomic E-state index is 0.000290. The molecule has 21 nitrogen and oxygen atoms in total. The minimum atomic E-state index is -1.80. The number of fused-ring (bicyclic) bond motifs is 1. The van der Waals surface area contributed by atoms with E-state index in [4.69, 9.17) is 11.5 Å². The molecule has 1 aliphatic heterocycles. The lowest BCUT2D eigenvalue weighted by Crippen LogP contribution is -2.62. The summed E-state index contributed by atoms with van der Waals surface area (Å²) in [5, 5.41) is 49.7. The molecule has 3 aromatic carbocycles. The number of nitrogens with one attached hydrogen (secondary N) is 8. The number of amides is 7. The minimum Gasteiger partial charge on any atom is -0.480 e. The molecular weight excluding hydrogens is 969 g/mol. The van der Waals surface area contributed by atoms with Crippen molar-refractivity contribution in [2.24, 2.45) is 11.5 Å². The predicted octanol–water partition coefficient (Wildman–Crippen LogP) is -0.713. The Morgan fingerprint density at radius 2 is 1.29 bits per heavy atom. The summed E-state index contributed by atoms with van der Waals surface area (Å²) < 4.78 is 0. The topological polar surface area (TPSA) is 349 Å². The van der Waals surface area contributed by atoms with Crippen LogP contribution in [0.4, 0.5) is 0 Å². The number of benzene rings is 3. The fraction of sp³-hybridized carbons (Fsp3) is 0.429. The van der Waals surface area contributed by atoms with Gasteiger partial charge in [0.15, 0.2) is 6.04 Å². The number of carbonyl (C=O) groups excluding carboxylic acids is 7. The zero-order chi connectivity index (χ0) is 52.3. The van der Waals surface area contributed by atoms with Crippen molar-refractivity contribution in [3.63, 3.8) is 0 Å². The van der Waals surface area contributed by atoms with Crippen LogP contribution in [0.1, 0.15) is 49.8 Å². The molecule has 0 spiro atoms. The molecule has 72 heavy (non-hydrogen) atoms. The van der Waals surface area contributed by atoms with Gasteiger partial charge in [0.1, 0.15) is 36.3 Å². The van der Waals surface area contributed by atoms with Crippen molar-refractivity contribution in [3.8, 4) is 0 Å². The van der Waals surface area contributed by atoms with Crippen LogP contribution in [0.2, 0.25) is 0 Å². The molecule has 0 aliphatic carbocycles. The number of carboxylic acid groups (broad SMARTS) is 1. The third-order valence-electron chi connectivity index (χ3n) is 11.8. The van der Waals surface area contributed by atoms with Crippen LogP contribution in [0.5, 0.6) is 0 Å². The smallest absolute Gasteiger partial charge is 0.328 e. The normalized spacial score (nSPS) is 22.6. The quantitative estimate of drug-likeness (QED) is 0.0459. The maximum Gasteiger partial charge on any atom is 0.328 e. The Morgan fingerprint density at radius 3 is 1.93 bits per heavy atom. The number of aliphatic carboxylic acids is 1. The van der Waals surface area contributed by atoms with E-state index < -0.39 is 108 Å². The summed E-state index contributed by atoms with van der Waals surface area (Å²) in [5.41, 5.74) is 14.9. The summed E-state index contributed by atoms with van der Waals surface area (Å²) in [5.74, 6) is -8.24. The van der Waals surface area contributed by atoms with E-state index in [-0.39, 0.29) is 43.7 Å². The molecule has 0 radical (unpaired) electrons. The highest BCUT2D eigenvalue weighted by Gasteiger charge is 2.37. The molecule has 1 saturated heterocycles. The number of rotatable bonds is 17. The summed E-state index contributed by atoms with van der Waals surface area (Å²) in [4.78, 5) is 115. The fourth-order valence-electron chi connectivity index (χ4n) is 7.77. The Kier molecular flexibility index (Phi) is 21.9. The average Bonchev–Trinajstić information content (AvgIpc) is 3.76. The monoisotopic (exact) mass is 1030 g/mol. The molecule has 0 saturated carbocycles. The van der Waals surface area contributed by atoms with Gasteiger partial charge in [-0.05, 0) is 68.8 Å². The maximum atomic E-state index is 14.7. The van der Waals surface area contributed by atoms with Gasteiger partial charge in [0, 0.05) is 41.4 Å². The Labute approximate surface area is 424 Å². The number of aliphatic hydroxyl groups is 2. The number of H-pyrrole nitrogens is 1. The first-order chi connectivity index (χ1) is 34.4. The van der Waals surface area contributed by atoms with E-state index in [1.165, 1.54) is 6.92 Å². The highest BCUT2D eigenvalue weighted by Crippen LogP contribution is 2.24. The van der Waals surface area contributed by atoms with Gasteiger partial charge in [-0.3, -0.25) is 33.6 Å². The molecule has 2 heterocycles. The number of aromatic amines is 1. The van der Waals surface area contributed by atoms with Gasteiger partial charge in [0.25, 0.3) is 0 Å². The molecule has 7 amide bonds. The van der Waals surface area contributed by atoms with Gasteiger partial charge < -0.3 is 69.0 Å². The lowest BCUT2D eigenvalue weighted by atomic mass is 10.0. The van der Waals surface area contributed by atoms with E-state index in [1.54, 1.807) is 66.9 Å². The van der Waals surface area contributed by atoms with Crippen LogP contribution in [-0.4, -0.2) is 146 Å². The Hall–Kier alpha value is -6.50. The van der Waals surface area contributed by atoms with E-state index in [1.807, 2.05) is 24.3 Å².